The number of hydrogen-bond donors (Lipinski definition) is 1. The van der Waals surface area contributed by atoms with E-state index in [1.807, 2.05) is 20.8 Å². The van der Waals surface area contributed by atoms with Crippen LogP contribution in [0.4, 0.5) is 14.6 Å². The number of halogens is 2. The molecule has 0 bridgehead atoms. The maximum absolute atomic E-state index is 13.1. The van der Waals surface area contributed by atoms with Crippen molar-refractivity contribution in [3.63, 3.8) is 0 Å². The summed E-state index contributed by atoms with van der Waals surface area (Å²) in [5.41, 5.74) is 5.37. The van der Waals surface area contributed by atoms with E-state index in [-0.39, 0.29) is 22.9 Å². The van der Waals surface area contributed by atoms with Crippen molar-refractivity contribution in [3.05, 3.63) is 41.7 Å². The summed E-state index contributed by atoms with van der Waals surface area (Å²) in [5, 5.41) is 0. The molecule has 0 spiro atoms. The number of hydrogen-bond acceptors (Lipinski definition) is 4. The lowest BCUT2D eigenvalue weighted by atomic mass is 9.96. The van der Waals surface area contributed by atoms with Gasteiger partial charge in [-0.25, -0.2) is 13.8 Å². The van der Waals surface area contributed by atoms with Gasteiger partial charge in [-0.3, -0.25) is 0 Å². The molecule has 0 radical (unpaired) electrons. The third-order valence-corrected chi connectivity index (χ3v) is 2.45. The standard InChI is InChI=1S/C14H15F2N3O/c1-14(2,3)13-18-11(17)7-12(19-13)20-10-5-8(15)4-9(16)6-10/h4-7H,1-3H3,(H2,17,18,19). The molecule has 0 aliphatic heterocycles. The Balaban J connectivity index is 2.36. The molecule has 4 nitrogen and oxygen atoms in total. The first kappa shape index (κ1) is 14.2. The second kappa shape index (κ2) is 5.03. The van der Waals surface area contributed by atoms with Crippen molar-refractivity contribution in [2.75, 3.05) is 5.73 Å². The third-order valence-electron chi connectivity index (χ3n) is 2.45. The van der Waals surface area contributed by atoms with Gasteiger partial charge in [-0.1, -0.05) is 20.8 Å². The average molecular weight is 279 g/mol. The molecule has 106 valence electrons. The first-order valence-corrected chi connectivity index (χ1v) is 6.03. The predicted molar refractivity (Wildman–Crippen MR) is 71.6 cm³/mol. The van der Waals surface area contributed by atoms with E-state index in [1.54, 1.807) is 0 Å². The van der Waals surface area contributed by atoms with E-state index in [9.17, 15) is 8.78 Å². The minimum absolute atomic E-state index is 0.0143. The Morgan fingerprint density at radius 1 is 1.00 bits per heavy atom. The van der Waals surface area contributed by atoms with Gasteiger partial charge < -0.3 is 10.5 Å². The summed E-state index contributed by atoms with van der Waals surface area (Å²) in [6.45, 7) is 5.77. The summed E-state index contributed by atoms with van der Waals surface area (Å²) in [6, 6.07) is 4.30. The van der Waals surface area contributed by atoms with Crippen LogP contribution in [0.1, 0.15) is 26.6 Å². The zero-order chi connectivity index (χ0) is 14.9. The highest BCUT2D eigenvalue weighted by Crippen LogP contribution is 2.26. The molecule has 6 heteroatoms. The van der Waals surface area contributed by atoms with Gasteiger partial charge in [-0.15, -0.1) is 0 Å². The second-order valence-electron chi connectivity index (χ2n) is 5.41. The van der Waals surface area contributed by atoms with E-state index in [4.69, 9.17) is 10.5 Å². The normalized spacial score (nSPS) is 11.4. The van der Waals surface area contributed by atoms with E-state index in [1.165, 1.54) is 6.07 Å². The maximum atomic E-state index is 13.1. The number of nitrogens with zero attached hydrogens (tertiary/aromatic N) is 2. The first-order chi connectivity index (χ1) is 9.24. The number of rotatable bonds is 2. The lowest BCUT2D eigenvalue weighted by molar-refractivity contribution is 0.438. The zero-order valence-corrected chi connectivity index (χ0v) is 11.4. The molecule has 1 heterocycles. The Morgan fingerprint density at radius 3 is 2.15 bits per heavy atom. The molecule has 0 saturated carbocycles. The van der Waals surface area contributed by atoms with Crippen molar-refractivity contribution in [1.29, 1.82) is 0 Å². The van der Waals surface area contributed by atoms with E-state index < -0.39 is 11.6 Å². The van der Waals surface area contributed by atoms with E-state index in [2.05, 4.69) is 9.97 Å². The average Bonchev–Trinajstić information content (AvgIpc) is 2.25. The number of nitrogen functional groups attached to an aromatic ring is 1. The minimum atomic E-state index is -0.724. The van der Waals surface area contributed by atoms with Gasteiger partial charge in [0.25, 0.3) is 0 Å². The van der Waals surface area contributed by atoms with Gasteiger partial charge in [0.1, 0.15) is 29.0 Å². The lowest BCUT2D eigenvalue weighted by Gasteiger charge is -2.17. The van der Waals surface area contributed by atoms with Crippen LogP contribution in [0.3, 0.4) is 0 Å². The highest BCUT2D eigenvalue weighted by Gasteiger charge is 2.19. The monoisotopic (exact) mass is 279 g/mol. The molecule has 1 aromatic carbocycles. The number of anilines is 1. The Bertz CT molecular complexity index is 619. The number of aromatic nitrogens is 2. The van der Waals surface area contributed by atoms with Gasteiger partial charge in [0.05, 0.1) is 0 Å². The SMILES string of the molecule is CC(C)(C)c1nc(N)cc(Oc2cc(F)cc(F)c2)n1. The summed E-state index contributed by atoms with van der Waals surface area (Å²) < 4.78 is 31.5. The van der Waals surface area contributed by atoms with Crippen LogP contribution in [0.2, 0.25) is 0 Å². The molecule has 0 saturated heterocycles. The van der Waals surface area contributed by atoms with Crippen LogP contribution in [0.15, 0.2) is 24.3 Å². The molecule has 2 rings (SSSR count). The number of ether oxygens (including phenoxy) is 1. The van der Waals surface area contributed by atoms with Crippen LogP contribution in [-0.4, -0.2) is 9.97 Å². The van der Waals surface area contributed by atoms with Crippen LogP contribution >= 0.6 is 0 Å². The van der Waals surface area contributed by atoms with Crippen LogP contribution in [0.25, 0.3) is 0 Å². The molecule has 20 heavy (non-hydrogen) atoms. The largest absolute Gasteiger partial charge is 0.439 e. The molecule has 0 aliphatic rings. The third kappa shape index (κ3) is 3.40. The van der Waals surface area contributed by atoms with E-state index >= 15 is 0 Å². The number of benzene rings is 1. The molecule has 0 unspecified atom stereocenters. The molecule has 0 amide bonds. The molecular formula is C14H15F2N3O. The summed E-state index contributed by atoms with van der Waals surface area (Å²) in [6.07, 6.45) is 0. The molecule has 1 aromatic heterocycles. The van der Waals surface area contributed by atoms with Crippen molar-refractivity contribution in [2.24, 2.45) is 0 Å². The fraction of sp³-hybridized carbons (Fsp3) is 0.286. The fourth-order valence-corrected chi connectivity index (χ4v) is 1.54. The van der Waals surface area contributed by atoms with Crippen molar-refractivity contribution in [3.8, 4) is 11.6 Å². The minimum Gasteiger partial charge on any atom is -0.439 e. The Hall–Kier alpha value is -2.24. The fourth-order valence-electron chi connectivity index (χ4n) is 1.54. The van der Waals surface area contributed by atoms with Crippen LogP contribution < -0.4 is 10.5 Å². The maximum Gasteiger partial charge on any atom is 0.224 e. The van der Waals surface area contributed by atoms with Gasteiger partial charge in [0.2, 0.25) is 5.88 Å². The molecule has 0 aliphatic carbocycles. The quantitative estimate of drug-likeness (QED) is 0.915. The van der Waals surface area contributed by atoms with Gasteiger partial charge >= 0.3 is 0 Å². The Labute approximate surface area is 115 Å². The molecule has 0 atom stereocenters. The molecule has 2 N–H and O–H groups in total. The van der Waals surface area contributed by atoms with Gasteiger partial charge in [-0.05, 0) is 0 Å². The van der Waals surface area contributed by atoms with Gasteiger partial charge in [0, 0.05) is 29.7 Å². The smallest absolute Gasteiger partial charge is 0.224 e. The van der Waals surface area contributed by atoms with E-state index in [0.717, 1.165) is 18.2 Å². The van der Waals surface area contributed by atoms with E-state index in [0.29, 0.717) is 5.82 Å². The number of nitrogens with two attached hydrogens (primary N) is 1. The lowest BCUT2D eigenvalue weighted by Crippen LogP contribution is -2.17. The highest BCUT2D eigenvalue weighted by atomic mass is 19.1. The van der Waals surface area contributed by atoms with Crippen LogP contribution in [0, 0.1) is 11.6 Å². The van der Waals surface area contributed by atoms with Crippen molar-refractivity contribution in [1.82, 2.24) is 9.97 Å². The second-order valence-corrected chi connectivity index (χ2v) is 5.41. The summed E-state index contributed by atoms with van der Waals surface area (Å²) in [7, 11) is 0. The van der Waals surface area contributed by atoms with Crippen molar-refractivity contribution >= 4 is 5.82 Å². The summed E-state index contributed by atoms with van der Waals surface area (Å²) in [5.74, 6) is -0.565. The molecule has 2 aromatic rings. The molecular weight excluding hydrogens is 264 g/mol. The Morgan fingerprint density at radius 2 is 1.60 bits per heavy atom. The highest BCUT2D eigenvalue weighted by molar-refractivity contribution is 5.37. The Kier molecular flexibility index (Phi) is 3.57. The summed E-state index contributed by atoms with van der Waals surface area (Å²) >= 11 is 0. The van der Waals surface area contributed by atoms with Crippen LogP contribution in [0.5, 0.6) is 11.6 Å². The molecule has 0 fully saturated rings. The summed E-state index contributed by atoms with van der Waals surface area (Å²) in [4.78, 5) is 8.32. The first-order valence-electron chi connectivity index (χ1n) is 6.03. The van der Waals surface area contributed by atoms with Gasteiger partial charge in [-0.2, -0.15) is 4.98 Å². The zero-order valence-electron chi connectivity index (χ0n) is 11.4. The predicted octanol–water partition coefficient (Wildman–Crippen LogP) is 3.43. The van der Waals surface area contributed by atoms with Crippen LogP contribution in [-0.2, 0) is 5.41 Å². The van der Waals surface area contributed by atoms with Crippen molar-refractivity contribution in [2.45, 2.75) is 26.2 Å². The van der Waals surface area contributed by atoms with Crippen molar-refractivity contribution < 1.29 is 13.5 Å². The van der Waals surface area contributed by atoms with Gasteiger partial charge in [0.15, 0.2) is 0 Å². The topological polar surface area (TPSA) is 61.0 Å².